The number of sulfonamides is 1. The van der Waals surface area contributed by atoms with Gasteiger partial charge in [0.2, 0.25) is 10.0 Å². The number of hydrogen-bond donors (Lipinski definition) is 2. The summed E-state index contributed by atoms with van der Waals surface area (Å²) in [5, 5.41) is 0. The van der Waals surface area contributed by atoms with Crippen LogP contribution in [0, 0.1) is 11.7 Å². The molecular formula is C11H13FN2O2S2. The van der Waals surface area contributed by atoms with Crippen LogP contribution in [0.1, 0.15) is 18.4 Å². The first-order chi connectivity index (χ1) is 8.39. The molecule has 0 radical (unpaired) electrons. The van der Waals surface area contributed by atoms with E-state index in [9.17, 15) is 12.8 Å². The zero-order valence-corrected chi connectivity index (χ0v) is 11.2. The monoisotopic (exact) mass is 288 g/mol. The van der Waals surface area contributed by atoms with Crippen molar-refractivity contribution in [3.63, 3.8) is 0 Å². The third kappa shape index (κ3) is 3.17. The van der Waals surface area contributed by atoms with Crippen molar-refractivity contribution in [2.45, 2.75) is 12.8 Å². The van der Waals surface area contributed by atoms with Crippen LogP contribution in [0.25, 0.3) is 0 Å². The molecule has 1 aromatic carbocycles. The number of nitrogens with two attached hydrogens (primary N) is 1. The van der Waals surface area contributed by atoms with Crippen LogP contribution in [-0.2, 0) is 10.0 Å². The van der Waals surface area contributed by atoms with Gasteiger partial charge in [0.15, 0.2) is 0 Å². The number of anilines is 1. The summed E-state index contributed by atoms with van der Waals surface area (Å²) in [4.78, 5) is -0.169. The molecule has 3 N–H and O–H groups in total. The highest BCUT2D eigenvalue weighted by Crippen LogP contribution is 2.31. The molecule has 4 nitrogen and oxygen atoms in total. The molecule has 1 fully saturated rings. The predicted molar refractivity (Wildman–Crippen MR) is 72.4 cm³/mol. The maximum absolute atomic E-state index is 13.5. The van der Waals surface area contributed by atoms with Crippen molar-refractivity contribution in [1.29, 1.82) is 0 Å². The van der Waals surface area contributed by atoms with E-state index in [0.717, 1.165) is 12.8 Å². The minimum absolute atomic E-state index is 0.0558. The third-order valence-corrected chi connectivity index (χ3v) is 4.32. The number of halogens is 1. The minimum atomic E-state index is -3.48. The lowest BCUT2D eigenvalue weighted by atomic mass is 10.2. The van der Waals surface area contributed by atoms with Crippen LogP contribution in [0.5, 0.6) is 0 Å². The van der Waals surface area contributed by atoms with Crippen LogP contribution in [-0.4, -0.2) is 19.2 Å². The van der Waals surface area contributed by atoms with E-state index < -0.39 is 15.8 Å². The molecular weight excluding hydrogens is 275 g/mol. The van der Waals surface area contributed by atoms with Crippen molar-refractivity contribution in [2.75, 3.05) is 10.5 Å². The summed E-state index contributed by atoms with van der Waals surface area (Å²) in [6, 6.07) is 4.04. The normalized spacial score (nSPS) is 15.4. The molecule has 1 saturated carbocycles. The minimum Gasteiger partial charge on any atom is -0.389 e. The summed E-state index contributed by atoms with van der Waals surface area (Å²) in [6.07, 6.45) is 1.85. The molecule has 1 aliphatic carbocycles. The Morgan fingerprint density at radius 3 is 2.72 bits per heavy atom. The number of benzene rings is 1. The molecule has 0 saturated heterocycles. The van der Waals surface area contributed by atoms with E-state index >= 15 is 0 Å². The highest BCUT2D eigenvalue weighted by atomic mass is 32.2. The summed E-state index contributed by atoms with van der Waals surface area (Å²) < 4.78 is 39.5. The quantitative estimate of drug-likeness (QED) is 0.807. The molecule has 98 valence electrons. The zero-order valence-electron chi connectivity index (χ0n) is 9.52. The first-order valence-electron chi connectivity index (χ1n) is 5.48. The Bertz CT molecular complexity index is 583. The van der Waals surface area contributed by atoms with Crippen LogP contribution in [0.2, 0.25) is 0 Å². The Hall–Kier alpha value is -1.21. The lowest BCUT2D eigenvalue weighted by Crippen LogP contribution is -2.21. The van der Waals surface area contributed by atoms with Gasteiger partial charge in [0.25, 0.3) is 0 Å². The van der Waals surface area contributed by atoms with Crippen molar-refractivity contribution < 1.29 is 12.8 Å². The maximum Gasteiger partial charge on any atom is 0.233 e. The highest BCUT2D eigenvalue weighted by Gasteiger charge is 2.28. The molecule has 1 aromatic rings. The smallest absolute Gasteiger partial charge is 0.233 e. The second kappa shape index (κ2) is 4.81. The first kappa shape index (κ1) is 13.2. The van der Waals surface area contributed by atoms with Gasteiger partial charge in [0.05, 0.1) is 17.0 Å². The van der Waals surface area contributed by atoms with E-state index in [2.05, 4.69) is 4.72 Å². The fourth-order valence-electron chi connectivity index (χ4n) is 1.66. The SMILES string of the molecule is NC(=S)c1c(F)cccc1NS(=O)(=O)CC1CC1. The van der Waals surface area contributed by atoms with E-state index in [1.54, 1.807) is 0 Å². The first-order valence-corrected chi connectivity index (χ1v) is 7.54. The molecule has 0 heterocycles. The molecule has 7 heteroatoms. The Morgan fingerprint density at radius 2 is 2.17 bits per heavy atom. The van der Waals surface area contributed by atoms with Gasteiger partial charge in [-0.15, -0.1) is 0 Å². The Balaban J connectivity index is 2.28. The van der Waals surface area contributed by atoms with Gasteiger partial charge in [-0.05, 0) is 30.9 Å². The summed E-state index contributed by atoms with van der Waals surface area (Å²) in [5.74, 6) is -0.362. The van der Waals surface area contributed by atoms with Gasteiger partial charge < -0.3 is 5.73 Å². The average Bonchev–Trinajstić information content (AvgIpc) is 2.99. The van der Waals surface area contributed by atoms with Crippen LogP contribution in [0.15, 0.2) is 18.2 Å². The molecule has 0 amide bonds. The van der Waals surface area contributed by atoms with Crippen molar-refractivity contribution in [1.82, 2.24) is 0 Å². The summed E-state index contributed by atoms with van der Waals surface area (Å²) in [6.45, 7) is 0. The molecule has 0 aromatic heterocycles. The molecule has 0 atom stereocenters. The fraction of sp³-hybridized carbons (Fsp3) is 0.364. The summed E-state index contributed by atoms with van der Waals surface area (Å²) in [5.41, 5.74) is 5.44. The van der Waals surface area contributed by atoms with Crippen molar-refractivity contribution >= 4 is 32.9 Å². The highest BCUT2D eigenvalue weighted by molar-refractivity contribution is 7.92. The number of nitrogens with one attached hydrogen (secondary N) is 1. The van der Waals surface area contributed by atoms with Crippen LogP contribution < -0.4 is 10.5 Å². The van der Waals surface area contributed by atoms with Gasteiger partial charge in [-0.1, -0.05) is 18.3 Å². The van der Waals surface area contributed by atoms with E-state index in [1.165, 1.54) is 18.2 Å². The largest absolute Gasteiger partial charge is 0.389 e. The fourth-order valence-corrected chi connectivity index (χ4v) is 3.41. The number of hydrogen-bond acceptors (Lipinski definition) is 3. The van der Waals surface area contributed by atoms with Gasteiger partial charge in [-0.25, -0.2) is 12.8 Å². The average molecular weight is 288 g/mol. The number of thiocarbonyl (C=S) groups is 1. The molecule has 0 unspecified atom stereocenters. The van der Waals surface area contributed by atoms with E-state index in [-0.39, 0.29) is 27.9 Å². The van der Waals surface area contributed by atoms with Gasteiger partial charge in [-0.2, -0.15) is 0 Å². The second-order valence-electron chi connectivity index (χ2n) is 4.35. The van der Waals surface area contributed by atoms with Gasteiger partial charge >= 0.3 is 0 Å². The third-order valence-electron chi connectivity index (χ3n) is 2.68. The number of rotatable bonds is 5. The molecule has 0 aliphatic heterocycles. The predicted octanol–water partition coefficient (Wildman–Crippen LogP) is 1.61. The molecule has 2 rings (SSSR count). The Kier molecular flexibility index (Phi) is 3.54. The standard InChI is InChI=1S/C11H13FN2O2S2/c12-8-2-1-3-9(10(8)11(13)17)14-18(15,16)6-7-4-5-7/h1-3,7,14H,4-6H2,(H2,13,17). The van der Waals surface area contributed by atoms with Crippen LogP contribution in [0.3, 0.4) is 0 Å². The van der Waals surface area contributed by atoms with Gasteiger partial charge in [-0.3, -0.25) is 4.72 Å². The van der Waals surface area contributed by atoms with Crippen molar-refractivity contribution in [2.24, 2.45) is 11.7 Å². The molecule has 0 bridgehead atoms. The van der Waals surface area contributed by atoms with Crippen LogP contribution in [0.4, 0.5) is 10.1 Å². The van der Waals surface area contributed by atoms with E-state index in [4.69, 9.17) is 18.0 Å². The van der Waals surface area contributed by atoms with Crippen LogP contribution >= 0.6 is 12.2 Å². The van der Waals surface area contributed by atoms with Gasteiger partial charge in [0.1, 0.15) is 10.8 Å². The second-order valence-corrected chi connectivity index (χ2v) is 6.56. The Morgan fingerprint density at radius 1 is 1.50 bits per heavy atom. The van der Waals surface area contributed by atoms with E-state index in [0.29, 0.717) is 0 Å². The van der Waals surface area contributed by atoms with E-state index in [1.807, 2.05) is 0 Å². The van der Waals surface area contributed by atoms with Crippen molar-refractivity contribution in [3.05, 3.63) is 29.6 Å². The molecule has 18 heavy (non-hydrogen) atoms. The Labute approximate surface area is 110 Å². The molecule has 1 aliphatic rings. The molecule has 0 spiro atoms. The summed E-state index contributed by atoms with van der Waals surface area (Å²) in [7, 11) is -3.48. The summed E-state index contributed by atoms with van der Waals surface area (Å²) >= 11 is 4.73. The lowest BCUT2D eigenvalue weighted by molar-refractivity contribution is 0.597. The lowest BCUT2D eigenvalue weighted by Gasteiger charge is -2.12. The van der Waals surface area contributed by atoms with Gasteiger partial charge in [0, 0.05) is 0 Å². The zero-order chi connectivity index (χ0) is 13.3. The van der Waals surface area contributed by atoms with Crippen molar-refractivity contribution in [3.8, 4) is 0 Å². The maximum atomic E-state index is 13.5. The topological polar surface area (TPSA) is 72.2 Å².